The molecule has 3 nitrogen and oxygen atoms in total. The third-order valence-electron chi connectivity index (χ3n) is 3.44. The van der Waals surface area contributed by atoms with Crippen molar-refractivity contribution in [2.24, 2.45) is 5.92 Å². The minimum absolute atomic E-state index is 0.646. The van der Waals surface area contributed by atoms with Crippen molar-refractivity contribution in [2.45, 2.75) is 39.2 Å². The van der Waals surface area contributed by atoms with Crippen LogP contribution in [0.25, 0.3) is 0 Å². The molecule has 16 heavy (non-hydrogen) atoms. The fourth-order valence-corrected chi connectivity index (χ4v) is 2.55. The molecule has 0 saturated carbocycles. The van der Waals surface area contributed by atoms with Crippen LogP contribution in [0.3, 0.4) is 0 Å². The standard InChI is InChI=1S/C13H28N2O/c1-4-14-12(2)7-9-15-8-5-6-13(10-15)11-16-3/h12-14H,4-11H2,1-3H3. The Hall–Kier alpha value is -0.120. The van der Waals surface area contributed by atoms with Gasteiger partial charge in [-0.25, -0.2) is 0 Å². The van der Waals surface area contributed by atoms with E-state index in [0.29, 0.717) is 6.04 Å². The zero-order valence-electron chi connectivity index (χ0n) is 11.2. The molecule has 1 N–H and O–H groups in total. The highest BCUT2D eigenvalue weighted by atomic mass is 16.5. The zero-order chi connectivity index (χ0) is 11.8. The van der Waals surface area contributed by atoms with E-state index in [1.165, 1.54) is 38.9 Å². The van der Waals surface area contributed by atoms with Gasteiger partial charge in [-0.1, -0.05) is 6.92 Å². The molecule has 1 aliphatic rings. The molecule has 0 aromatic carbocycles. The maximum atomic E-state index is 5.25. The first kappa shape index (κ1) is 13.9. The summed E-state index contributed by atoms with van der Waals surface area (Å²) in [5.41, 5.74) is 0. The Balaban J connectivity index is 2.16. The van der Waals surface area contributed by atoms with E-state index in [1.54, 1.807) is 0 Å². The van der Waals surface area contributed by atoms with Crippen molar-refractivity contribution in [1.29, 1.82) is 0 Å². The van der Waals surface area contributed by atoms with E-state index in [1.807, 2.05) is 7.11 Å². The molecular weight excluding hydrogens is 200 g/mol. The second-order valence-corrected chi connectivity index (χ2v) is 5.01. The van der Waals surface area contributed by atoms with E-state index in [2.05, 4.69) is 24.1 Å². The summed E-state index contributed by atoms with van der Waals surface area (Å²) < 4.78 is 5.25. The second-order valence-electron chi connectivity index (χ2n) is 5.01. The van der Waals surface area contributed by atoms with Crippen molar-refractivity contribution >= 4 is 0 Å². The summed E-state index contributed by atoms with van der Waals surface area (Å²) in [4.78, 5) is 2.60. The fraction of sp³-hybridized carbons (Fsp3) is 1.00. The Labute approximate surface area is 101 Å². The van der Waals surface area contributed by atoms with Gasteiger partial charge in [-0.05, 0) is 51.7 Å². The van der Waals surface area contributed by atoms with Crippen LogP contribution >= 0.6 is 0 Å². The normalized spacial score (nSPS) is 24.6. The largest absolute Gasteiger partial charge is 0.384 e. The highest BCUT2D eigenvalue weighted by molar-refractivity contribution is 4.74. The Morgan fingerprint density at radius 1 is 1.50 bits per heavy atom. The minimum atomic E-state index is 0.646. The molecule has 1 heterocycles. The SMILES string of the molecule is CCNC(C)CCN1CCCC(COC)C1. The number of ether oxygens (including phenoxy) is 1. The van der Waals surface area contributed by atoms with Crippen LogP contribution in [0.4, 0.5) is 0 Å². The van der Waals surface area contributed by atoms with Gasteiger partial charge in [0.2, 0.25) is 0 Å². The maximum Gasteiger partial charge on any atom is 0.0502 e. The molecule has 0 spiro atoms. The van der Waals surface area contributed by atoms with Gasteiger partial charge < -0.3 is 15.0 Å². The van der Waals surface area contributed by atoms with Gasteiger partial charge in [0.05, 0.1) is 6.61 Å². The van der Waals surface area contributed by atoms with Gasteiger partial charge in [0.1, 0.15) is 0 Å². The number of hydrogen-bond acceptors (Lipinski definition) is 3. The van der Waals surface area contributed by atoms with Gasteiger partial charge >= 0.3 is 0 Å². The Bertz CT molecular complexity index is 173. The molecule has 3 heteroatoms. The monoisotopic (exact) mass is 228 g/mol. The van der Waals surface area contributed by atoms with Gasteiger partial charge in [0.25, 0.3) is 0 Å². The molecule has 96 valence electrons. The molecule has 2 unspecified atom stereocenters. The Morgan fingerprint density at radius 2 is 2.31 bits per heavy atom. The van der Waals surface area contributed by atoms with Crippen molar-refractivity contribution in [3.63, 3.8) is 0 Å². The third kappa shape index (κ3) is 5.28. The number of methoxy groups -OCH3 is 1. The summed E-state index contributed by atoms with van der Waals surface area (Å²) >= 11 is 0. The third-order valence-corrected chi connectivity index (χ3v) is 3.44. The van der Waals surface area contributed by atoms with E-state index in [9.17, 15) is 0 Å². The maximum absolute atomic E-state index is 5.25. The fourth-order valence-electron chi connectivity index (χ4n) is 2.55. The van der Waals surface area contributed by atoms with Crippen molar-refractivity contribution in [3.8, 4) is 0 Å². The zero-order valence-corrected chi connectivity index (χ0v) is 11.2. The number of nitrogens with one attached hydrogen (secondary N) is 1. The lowest BCUT2D eigenvalue weighted by Gasteiger charge is -2.33. The number of rotatable bonds is 7. The second kappa shape index (κ2) is 8.04. The van der Waals surface area contributed by atoms with Crippen molar-refractivity contribution in [1.82, 2.24) is 10.2 Å². The molecule has 0 radical (unpaired) electrons. The molecule has 0 aliphatic carbocycles. The lowest BCUT2D eigenvalue weighted by Crippen LogP contribution is -2.39. The average Bonchev–Trinajstić information content (AvgIpc) is 2.28. The van der Waals surface area contributed by atoms with Gasteiger partial charge in [0, 0.05) is 19.7 Å². The highest BCUT2D eigenvalue weighted by Crippen LogP contribution is 2.16. The molecule has 0 amide bonds. The van der Waals surface area contributed by atoms with Crippen LogP contribution in [0.1, 0.15) is 33.1 Å². The molecule has 1 rings (SSSR count). The van der Waals surface area contributed by atoms with Gasteiger partial charge in [-0.2, -0.15) is 0 Å². The molecular formula is C13H28N2O. The summed E-state index contributed by atoms with van der Waals surface area (Å²) in [6, 6.07) is 0.646. The summed E-state index contributed by atoms with van der Waals surface area (Å²) in [5, 5.41) is 3.47. The predicted octanol–water partition coefficient (Wildman–Crippen LogP) is 1.73. The van der Waals surface area contributed by atoms with Crippen LogP contribution in [0.2, 0.25) is 0 Å². The number of nitrogens with zero attached hydrogens (tertiary/aromatic N) is 1. The highest BCUT2D eigenvalue weighted by Gasteiger charge is 2.19. The molecule has 1 aliphatic heterocycles. The van der Waals surface area contributed by atoms with Crippen LogP contribution in [0, 0.1) is 5.92 Å². The predicted molar refractivity (Wildman–Crippen MR) is 68.8 cm³/mol. The molecule has 1 fully saturated rings. The molecule has 0 aromatic heterocycles. The molecule has 2 atom stereocenters. The summed E-state index contributed by atoms with van der Waals surface area (Å²) in [6.45, 7) is 10.2. The number of likely N-dealkylation sites (tertiary alicyclic amines) is 1. The molecule has 0 aromatic rings. The molecule has 1 saturated heterocycles. The number of hydrogen-bond donors (Lipinski definition) is 1. The topological polar surface area (TPSA) is 24.5 Å². The van der Waals surface area contributed by atoms with Crippen LogP contribution in [0.5, 0.6) is 0 Å². The average molecular weight is 228 g/mol. The smallest absolute Gasteiger partial charge is 0.0502 e. The van der Waals surface area contributed by atoms with E-state index in [4.69, 9.17) is 4.74 Å². The number of piperidine rings is 1. The van der Waals surface area contributed by atoms with Gasteiger partial charge in [0.15, 0.2) is 0 Å². The van der Waals surface area contributed by atoms with E-state index in [-0.39, 0.29) is 0 Å². The van der Waals surface area contributed by atoms with Crippen LogP contribution in [-0.2, 0) is 4.74 Å². The van der Waals surface area contributed by atoms with Crippen molar-refractivity contribution in [3.05, 3.63) is 0 Å². The van der Waals surface area contributed by atoms with Crippen molar-refractivity contribution < 1.29 is 4.74 Å². The summed E-state index contributed by atoms with van der Waals surface area (Å²) in [5.74, 6) is 0.758. The van der Waals surface area contributed by atoms with Crippen LogP contribution in [-0.4, -0.2) is 50.8 Å². The minimum Gasteiger partial charge on any atom is -0.384 e. The summed E-state index contributed by atoms with van der Waals surface area (Å²) in [7, 11) is 1.81. The van der Waals surface area contributed by atoms with Gasteiger partial charge in [-0.15, -0.1) is 0 Å². The van der Waals surface area contributed by atoms with E-state index in [0.717, 1.165) is 19.1 Å². The lowest BCUT2D eigenvalue weighted by molar-refractivity contribution is 0.0889. The summed E-state index contributed by atoms with van der Waals surface area (Å²) in [6.07, 6.45) is 3.93. The molecule has 0 bridgehead atoms. The van der Waals surface area contributed by atoms with Crippen LogP contribution < -0.4 is 5.32 Å². The quantitative estimate of drug-likeness (QED) is 0.718. The first-order valence-electron chi connectivity index (χ1n) is 6.71. The van der Waals surface area contributed by atoms with Gasteiger partial charge in [-0.3, -0.25) is 0 Å². The lowest BCUT2D eigenvalue weighted by atomic mass is 9.98. The Kier molecular flexibility index (Phi) is 7.01. The van der Waals surface area contributed by atoms with E-state index < -0.39 is 0 Å². The van der Waals surface area contributed by atoms with Crippen LogP contribution in [0.15, 0.2) is 0 Å². The first-order chi connectivity index (χ1) is 7.76. The van der Waals surface area contributed by atoms with Crippen molar-refractivity contribution in [2.75, 3.05) is 39.9 Å². The van der Waals surface area contributed by atoms with E-state index >= 15 is 0 Å². The Morgan fingerprint density at radius 3 is 3.00 bits per heavy atom. The first-order valence-corrected chi connectivity index (χ1v) is 6.71.